The number of benzene rings is 2. The van der Waals surface area contributed by atoms with E-state index >= 15 is 0 Å². The molecule has 7 heteroatoms. The summed E-state index contributed by atoms with van der Waals surface area (Å²) < 4.78 is 13.5. The first kappa shape index (κ1) is 19.4. The number of carbonyl (C=O) groups is 2. The summed E-state index contributed by atoms with van der Waals surface area (Å²) in [5.41, 5.74) is 0.943. The normalized spacial score (nSPS) is 26.1. The second-order valence-corrected chi connectivity index (χ2v) is 8.58. The molecule has 0 saturated carbocycles. The highest BCUT2D eigenvalue weighted by atomic mass is 19.1. The number of piperazine rings is 1. The van der Waals surface area contributed by atoms with Gasteiger partial charge in [0, 0.05) is 26.2 Å². The van der Waals surface area contributed by atoms with E-state index in [1.165, 1.54) is 17.0 Å². The molecule has 2 amide bonds. The second-order valence-electron chi connectivity index (χ2n) is 8.58. The van der Waals surface area contributed by atoms with Crippen LogP contribution >= 0.6 is 0 Å². The maximum absolute atomic E-state index is 13.5. The Bertz CT molecular complexity index is 977. The van der Waals surface area contributed by atoms with Crippen LogP contribution < -0.4 is 0 Å². The van der Waals surface area contributed by atoms with Gasteiger partial charge in [0.05, 0.1) is 18.7 Å². The number of amides is 2. The van der Waals surface area contributed by atoms with Gasteiger partial charge < -0.3 is 5.11 Å². The lowest BCUT2D eigenvalue weighted by Gasteiger charge is -2.58. The third-order valence-electron chi connectivity index (χ3n) is 6.47. The molecule has 3 saturated heterocycles. The molecule has 0 unspecified atom stereocenters. The van der Waals surface area contributed by atoms with E-state index < -0.39 is 17.7 Å². The highest BCUT2D eigenvalue weighted by molar-refractivity contribution is 6.06. The van der Waals surface area contributed by atoms with Crippen LogP contribution in [0.4, 0.5) is 4.39 Å². The van der Waals surface area contributed by atoms with Crippen LogP contribution in [0.5, 0.6) is 0 Å². The van der Waals surface area contributed by atoms with Gasteiger partial charge in [-0.25, -0.2) is 4.39 Å². The Hall–Kier alpha value is -2.61. The Morgan fingerprint density at radius 1 is 1.00 bits per heavy atom. The van der Waals surface area contributed by atoms with E-state index in [1.807, 2.05) is 41.3 Å². The Morgan fingerprint density at radius 2 is 1.73 bits per heavy atom. The van der Waals surface area contributed by atoms with Crippen LogP contribution in [-0.2, 0) is 22.7 Å². The second kappa shape index (κ2) is 7.27. The molecule has 3 aliphatic rings. The topological polar surface area (TPSA) is 64.1 Å². The van der Waals surface area contributed by atoms with Crippen LogP contribution in [0, 0.1) is 5.82 Å². The minimum atomic E-state index is -0.807. The van der Waals surface area contributed by atoms with Crippen LogP contribution in [0.1, 0.15) is 17.5 Å². The van der Waals surface area contributed by atoms with Crippen molar-refractivity contribution in [3.05, 3.63) is 71.5 Å². The molecule has 3 fully saturated rings. The summed E-state index contributed by atoms with van der Waals surface area (Å²) in [5, 5.41) is 10.2. The molecule has 2 aromatic carbocycles. The smallest absolute Gasteiger partial charge is 0.252 e. The summed E-state index contributed by atoms with van der Waals surface area (Å²) in [6.45, 7) is 2.04. The van der Waals surface area contributed by atoms with Crippen molar-refractivity contribution in [2.45, 2.75) is 37.2 Å². The fourth-order valence-corrected chi connectivity index (χ4v) is 5.11. The van der Waals surface area contributed by atoms with Gasteiger partial charge in [0.2, 0.25) is 5.91 Å². The lowest BCUT2D eigenvalue weighted by atomic mass is 9.82. The Morgan fingerprint density at radius 3 is 2.47 bits per heavy atom. The molecule has 156 valence electrons. The summed E-state index contributed by atoms with van der Waals surface area (Å²) in [6.07, 6.45) is -0.263. The molecule has 5 rings (SSSR count). The number of β-amino-alcohol motifs (C(OH)–C–C–N with tert-alkyl or cyclic N) is 1. The highest BCUT2D eigenvalue weighted by Gasteiger charge is 2.64. The van der Waals surface area contributed by atoms with Gasteiger partial charge in [0.1, 0.15) is 11.4 Å². The number of hydrogen-bond acceptors (Lipinski definition) is 5. The fourth-order valence-electron chi connectivity index (χ4n) is 5.11. The lowest BCUT2D eigenvalue weighted by molar-refractivity contribution is -0.181. The molecule has 0 aliphatic carbocycles. The maximum Gasteiger partial charge on any atom is 0.252 e. The molecular weight excluding hydrogens is 385 g/mol. The van der Waals surface area contributed by atoms with Crippen molar-refractivity contribution < 1.29 is 19.1 Å². The quantitative estimate of drug-likeness (QED) is 0.774. The molecule has 3 aliphatic heterocycles. The SMILES string of the molecule is O=C1[C@@H]2C[C@@H](O)CN2C2(CN(Cc3cccc(F)c3)C2)C(=O)N1Cc1ccccc1. The van der Waals surface area contributed by atoms with Crippen molar-refractivity contribution in [2.75, 3.05) is 19.6 Å². The van der Waals surface area contributed by atoms with E-state index in [0.717, 1.165) is 11.1 Å². The van der Waals surface area contributed by atoms with E-state index in [4.69, 9.17) is 0 Å². The minimum Gasteiger partial charge on any atom is -0.392 e. The average Bonchev–Trinajstić information content (AvgIpc) is 3.10. The third kappa shape index (κ3) is 3.14. The lowest BCUT2D eigenvalue weighted by Crippen LogP contribution is -2.81. The highest BCUT2D eigenvalue weighted by Crippen LogP contribution is 2.41. The van der Waals surface area contributed by atoms with Crippen molar-refractivity contribution in [3.8, 4) is 0 Å². The monoisotopic (exact) mass is 409 g/mol. The molecule has 2 aromatic rings. The Labute approximate surface area is 174 Å². The van der Waals surface area contributed by atoms with E-state index in [1.54, 1.807) is 6.07 Å². The molecule has 1 N–H and O–H groups in total. The van der Waals surface area contributed by atoms with Crippen LogP contribution in [0.3, 0.4) is 0 Å². The number of aliphatic hydroxyl groups is 1. The average molecular weight is 409 g/mol. The van der Waals surface area contributed by atoms with Crippen LogP contribution in [0.25, 0.3) is 0 Å². The number of hydrogen-bond donors (Lipinski definition) is 1. The number of halogens is 1. The molecule has 0 aromatic heterocycles. The summed E-state index contributed by atoms with van der Waals surface area (Å²) >= 11 is 0. The van der Waals surface area contributed by atoms with Gasteiger partial charge in [-0.2, -0.15) is 0 Å². The number of likely N-dealkylation sites (tertiary alicyclic amines) is 1. The van der Waals surface area contributed by atoms with E-state index in [9.17, 15) is 19.1 Å². The van der Waals surface area contributed by atoms with Gasteiger partial charge in [0.15, 0.2) is 0 Å². The molecular formula is C23H24FN3O3. The largest absolute Gasteiger partial charge is 0.392 e. The van der Waals surface area contributed by atoms with Gasteiger partial charge >= 0.3 is 0 Å². The number of rotatable bonds is 4. The number of aliphatic hydroxyl groups excluding tert-OH is 1. The fraction of sp³-hybridized carbons (Fsp3) is 0.391. The summed E-state index contributed by atoms with van der Waals surface area (Å²) in [7, 11) is 0. The first-order valence-electron chi connectivity index (χ1n) is 10.3. The summed E-state index contributed by atoms with van der Waals surface area (Å²) in [5.74, 6) is -0.703. The van der Waals surface area contributed by atoms with Gasteiger partial charge in [-0.05, 0) is 29.7 Å². The van der Waals surface area contributed by atoms with Crippen molar-refractivity contribution in [2.24, 2.45) is 0 Å². The predicted octanol–water partition coefficient (Wildman–Crippen LogP) is 1.38. The zero-order chi connectivity index (χ0) is 20.9. The minimum absolute atomic E-state index is 0.197. The Kier molecular flexibility index (Phi) is 4.69. The van der Waals surface area contributed by atoms with Gasteiger partial charge in [-0.15, -0.1) is 0 Å². The zero-order valence-electron chi connectivity index (χ0n) is 16.6. The van der Waals surface area contributed by atoms with Gasteiger partial charge in [-0.3, -0.25) is 24.3 Å². The van der Waals surface area contributed by atoms with Gasteiger partial charge in [0.25, 0.3) is 5.91 Å². The molecule has 0 radical (unpaired) electrons. The number of carbonyl (C=O) groups excluding carboxylic acids is 2. The number of fused-ring (bicyclic) bond motifs is 2. The van der Waals surface area contributed by atoms with E-state index in [2.05, 4.69) is 4.90 Å². The van der Waals surface area contributed by atoms with Crippen molar-refractivity contribution in [3.63, 3.8) is 0 Å². The summed E-state index contributed by atoms with van der Waals surface area (Å²) in [4.78, 5) is 32.0. The van der Waals surface area contributed by atoms with Crippen LogP contribution in [0.15, 0.2) is 54.6 Å². The molecule has 3 heterocycles. The predicted molar refractivity (Wildman–Crippen MR) is 108 cm³/mol. The van der Waals surface area contributed by atoms with Crippen LogP contribution in [0.2, 0.25) is 0 Å². The molecule has 1 spiro atoms. The van der Waals surface area contributed by atoms with Crippen molar-refractivity contribution in [1.29, 1.82) is 0 Å². The third-order valence-corrected chi connectivity index (χ3v) is 6.47. The van der Waals surface area contributed by atoms with E-state index in [-0.39, 0.29) is 24.2 Å². The van der Waals surface area contributed by atoms with Crippen molar-refractivity contribution >= 4 is 11.8 Å². The van der Waals surface area contributed by atoms with Gasteiger partial charge in [-0.1, -0.05) is 42.5 Å². The number of imide groups is 1. The molecule has 2 atom stereocenters. The molecule has 0 bridgehead atoms. The molecule has 30 heavy (non-hydrogen) atoms. The summed E-state index contributed by atoms with van der Waals surface area (Å²) in [6, 6.07) is 15.5. The first-order chi connectivity index (χ1) is 14.5. The zero-order valence-corrected chi connectivity index (χ0v) is 16.6. The maximum atomic E-state index is 13.5. The Balaban J connectivity index is 1.39. The van der Waals surface area contributed by atoms with Crippen LogP contribution in [-0.4, -0.2) is 68.9 Å². The first-order valence-corrected chi connectivity index (χ1v) is 10.3. The molecule has 6 nitrogen and oxygen atoms in total. The number of nitrogens with zero attached hydrogens (tertiary/aromatic N) is 3. The van der Waals surface area contributed by atoms with E-state index in [0.29, 0.717) is 32.6 Å². The standard InChI is InChI=1S/C23H24FN3O3/c24-18-8-4-7-17(9-18)11-25-14-23(15-25)22(30)26(12-16-5-2-1-3-6-16)21(29)20-10-19(28)13-27(20)23/h1-9,19-20,28H,10-15H2/t19-,20+/m1/s1. The van der Waals surface area contributed by atoms with Crippen molar-refractivity contribution in [1.82, 2.24) is 14.7 Å².